The molecule has 14 heteroatoms. The fraction of sp³-hybridized carbons (Fsp3) is 0.235. The molecule has 4 aromatic carbocycles. The van der Waals surface area contributed by atoms with E-state index >= 15 is 0 Å². The van der Waals surface area contributed by atoms with Crippen molar-refractivity contribution in [3.8, 4) is 5.75 Å². The Bertz CT molecular complexity index is 2020. The van der Waals surface area contributed by atoms with E-state index in [9.17, 15) is 21.9 Å². The highest BCUT2D eigenvalue weighted by molar-refractivity contribution is 9.11. The Kier molecular flexibility index (Phi) is 9.79. The highest BCUT2D eigenvalue weighted by Crippen LogP contribution is 2.39. The number of phenolic OH excluding ortho intramolecular Hbond substituents is 1. The molecule has 0 aliphatic carbocycles. The van der Waals surface area contributed by atoms with Crippen LogP contribution in [0.5, 0.6) is 5.75 Å². The second kappa shape index (κ2) is 13.6. The molecule has 2 aliphatic rings. The number of rotatable bonds is 8. The van der Waals surface area contributed by atoms with Crippen LogP contribution >= 0.6 is 31.9 Å². The molecule has 4 aromatic rings. The van der Waals surface area contributed by atoms with Crippen molar-refractivity contribution in [3.63, 3.8) is 0 Å². The van der Waals surface area contributed by atoms with Gasteiger partial charge in [0.05, 0.1) is 44.9 Å². The van der Waals surface area contributed by atoms with Gasteiger partial charge in [0, 0.05) is 29.7 Å². The number of fused-ring (bicyclic) bond motifs is 2. The Balaban J connectivity index is 1.49. The lowest BCUT2D eigenvalue weighted by Gasteiger charge is -2.53. The zero-order chi connectivity index (χ0) is 34.3. The van der Waals surface area contributed by atoms with Gasteiger partial charge in [-0.3, -0.25) is 4.90 Å². The zero-order valence-corrected chi connectivity index (χ0v) is 31.0. The first-order valence-corrected chi connectivity index (χ1v) is 19.5. The van der Waals surface area contributed by atoms with Gasteiger partial charge in [-0.05, 0) is 71.7 Å². The molecular formula is C34H33Br2N5O5S2. The summed E-state index contributed by atoms with van der Waals surface area (Å²) in [4.78, 5) is 2.13. The van der Waals surface area contributed by atoms with E-state index in [1.54, 1.807) is 60.7 Å². The minimum Gasteiger partial charge on any atom is -0.506 e. The second-order valence-corrected chi connectivity index (χ2v) is 17.8. The van der Waals surface area contributed by atoms with Crippen molar-refractivity contribution in [2.24, 2.45) is 15.6 Å². The summed E-state index contributed by atoms with van der Waals surface area (Å²) in [5.41, 5.74) is 2.21. The molecule has 0 atom stereocenters. The molecule has 0 spiro atoms. The van der Waals surface area contributed by atoms with Crippen molar-refractivity contribution in [3.05, 3.63) is 122 Å². The van der Waals surface area contributed by atoms with Crippen LogP contribution in [-0.4, -0.2) is 80.4 Å². The first-order valence-electron chi connectivity index (χ1n) is 15.0. The van der Waals surface area contributed by atoms with Crippen LogP contribution in [0.2, 0.25) is 0 Å². The summed E-state index contributed by atoms with van der Waals surface area (Å²) >= 11 is 6.77. The summed E-state index contributed by atoms with van der Waals surface area (Å²) in [6.45, 7) is 4.01. The normalized spacial score (nSPS) is 21.1. The van der Waals surface area contributed by atoms with Crippen LogP contribution in [0.3, 0.4) is 0 Å². The summed E-state index contributed by atoms with van der Waals surface area (Å²) in [6, 6.07) is 26.0. The molecule has 48 heavy (non-hydrogen) atoms. The number of aryl methyl sites for hydroxylation is 2. The van der Waals surface area contributed by atoms with Crippen LogP contribution < -0.4 is 0 Å². The third-order valence-electron chi connectivity index (χ3n) is 8.48. The standard InChI is InChI=1S/C34H33Br2N5O5S2/c1-24-8-12-29(13-9-24)47(43,44)40-20-34(19-39(22-40)23-41(21-34)48(45,46)30-14-10-25(2)11-15-30)33(26-6-4-3-5-7-26)38-37-18-27-16-28(35)17-31(36)32(27)42/h3-18,42H,19-23H2,1-2H3/b37-18+,38-33?. The molecule has 0 radical (unpaired) electrons. The van der Waals surface area contributed by atoms with Crippen LogP contribution in [0, 0.1) is 19.3 Å². The number of benzene rings is 4. The van der Waals surface area contributed by atoms with Gasteiger partial charge in [0.25, 0.3) is 0 Å². The second-order valence-electron chi connectivity index (χ2n) is 12.1. The van der Waals surface area contributed by atoms with E-state index in [2.05, 4.69) is 37.0 Å². The molecule has 6 rings (SSSR count). The quantitative estimate of drug-likeness (QED) is 0.173. The van der Waals surface area contributed by atoms with Crippen LogP contribution in [0.4, 0.5) is 0 Å². The SMILES string of the molecule is Cc1ccc(S(=O)(=O)N2CN3CN(S(=O)(=O)c4ccc(C)cc4)CC(C(=N/N=C/c4cc(Br)cc(Br)c4O)c4ccccc4)(C3)C2)cc1. The van der Waals surface area contributed by atoms with Gasteiger partial charge in [-0.1, -0.05) is 81.7 Å². The number of halogens is 2. The predicted octanol–water partition coefficient (Wildman–Crippen LogP) is 5.97. The molecule has 1 N–H and O–H groups in total. The Morgan fingerprint density at radius 3 is 1.81 bits per heavy atom. The molecule has 2 aliphatic heterocycles. The summed E-state index contributed by atoms with van der Waals surface area (Å²) in [5.74, 6) is -0.0242. The van der Waals surface area contributed by atoms with Crippen LogP contribution in [0.1, 0.15) is 22.3 Å². The van der Waals surface area contributed by atoms with E-state index in [4.69, 9.17) is 5.10 Å². The first-order chi connectivity index (χ1) is 22.8. The first kappa shape index (κ1) is 34.6. The molecule has 0 amide bonds. The number of aromatic hydroxyl groups is 1. The fourth-order valence-corrected chi connectivity index (χ4v) is 10.4. The van der Waals surface area contributed by atoms with Gasteiger partial charge in [-0.2, -0.15) is 18.8 Å². The van der Waals surface area contributed by atoms with Gasteiger partial charge < -0.3 is 5.11 Å². The van der Waals surface area contributed by atoms with Crippen LogP contribution in [0.25, 0.3) is 0 Å². The Labute approximate surface area is 297 Å². The lowest BCUT2D eigenvalue weighted by molar-refractivity contribution is -0.00594. The van der Waals surface area contributed by atoms with Gasteiger partial charge >= 0.3 is 0 Å². The molecule has 0 saturated carbocycles. The molecule has 2 heterocycles. The van der Waals surface area contributed by atoms with Crippen molar-refractivity contribution >= 4 is 63.8 Å². The highest BCUT2D eigenvalue weighted by Gasteiger charge is 2.53. The largest absolute Gasteiger partial charge is 0.506 e. The third-order valence-corrected chi connectivity index (χ3v) is 13.1. The van der Waals surface area contributed by atoms with Crippen LogP contribution in [0.15, 0.2) is 120 Å². The molecule has 0 unspecified atom stereocenters. The predicted molar refractivity (Wildman–Crippen MR) is 193 cm³/mol. The number of phenols is 1. The monoisotopic (exact) mass is 813 g/mol. The molecule has 250 valence electrons. The van der Waals surface area contributed by atoms with Crippen molar-refractivity contribution in [2.45, 2.75) is 23.6 Å². The Morgan fingerprint density at radius 2 is 1.29 bits per heavy atom. The van der Waals surface area contributed by atoms with E-state index in [0.717, 1.165) is 11.1 Å². The summed E-state index contributed by atoms with van der Waals surface area (Å²) in [7, 11) is -7.95. The zero-order valence-electron chi connectivity index (χ0n) is 26.2. The van der Waals surface area contributed by atoms with Gasteiger partial charge in [0.2, 0.25) is 20.0 Å². The summed E-state index contributed by atoms with van der Waals surface area (Å²) < 4.78 is 60.5. The third kappa shape index (κ3) is 6.93. The van der Waals surface area contributed by atoms with Gasteiger partial charge in [-0.25, -0.2) is 16.8 Å². The minimum absolute atomic E-state index is 0.0108. The number of nitrogens with zero attached hydrogens (tertiary/aromatic N) is 5. The van der Waals surface area contributed by atoms with Gasteiger partial charge in [-0.15, -0.1) is 0 Å². The van der Waals surface area contributed by atoms with Crippen molar-refractivity contribution in [1.29, 1.82) is 0 Å². The summed E-state index contributed by atoms with van der Waals surface area (Å²) in [5, 5.41) is 19.7. The fourth-order valence-electron chi connectivity index (χ4n) is 6.11. The number of hydrogen-bond donors (Lipinski definition) is 1. The lowest BCUT2D eigenvalue weighted by Crippen LogP contribution is -2.69. The highest BCUT2D eigenvalue weighted by atomic mass is 79.9. The van der Waals surface area contributed by atoms with E-state index in [0.29, 0.717) is 32.3 Å². The maximum absolute atomic E-state index is 14.1. The Hall–Kier alpha value is -3.24. The van der Waals surface area contributed by atoms with Gasteiger partial charge in [0.1, 0.15) is 5.75 Å². The molecule has 0 aromatic heterocycles. The van der Waals surface area contributed by atoms with Crippen LogP contribution in [-0.2, 0) is 20.0 Å². The molecule has 2 bridgehead atoms. The number of hydrogen-bond acceptors (Lipinski definition) is 8. The van der Waals surface area contributed by atoms with E-state index < -0.39 is 25.5 Å². The van der Waals surface area contributed by atoms with Crippen molar-refractivity contribution in [2.75, 3.05) is 33.0 Å². The maximum atomic E-state index is 14.1. The average molecular weight is 816 g/mol. The van der Waals surface area contributed by atoms with Crippen molar-refractivity contribution in [1.82, 2.24) is 13.5 Å². The average Bonchev–Trinajstić information content (AvgIpc) is 3.05. The van der Waals surface area contributed by atoms with E-state index in [1.807, 2.05) is 49.1 Å². The molecular weight excluding hydrogens is 782 g/mol. The maximum Gasteiger partial charge on any atom is 0.244 e. The molecule has 2 fully saturated rings. The minimum atomic E-state index is -3.98. The lowest BCUT2D eigenvalue weighted by atomic mass is 9.76. The smallest absolute Gasteiger partial charge is 0.244 e. The Morgan fingerprint density at radius 1 is 0.771 bits per heavy atom. The van der Waals surface area contributed by atoms with Crippen molar-refractivity contribution < 1.29 is 21.9 Å². The van der Waals surface area contributed by atoms with E-state index in [1.165, 1.54) is 14.8 Å². The summed E-state index contributed by atoms with van der Waals surface area (Å²) in [6.07, 6.45) is 1.41. The molecule has 2 saturated heterocycles. The topological polar surface area (TPSA) is 123 Å². The van der Waals surface area contributed by atoms with Gasteiger partial charge in [0.15, 0.2) is 0 Å². The molecule has 10 nitrogen and oxygen atoms in total. The number of sulfonamides is 2. The van der Waals surface area contributed by atoms with E-state index in [-0.39, 0.29) is 42.0 Å².